The van der Waals surface area contributed by atoms with Gasteiger partial charge in [0, 0.05) is 38.1 Å². The number of nitrogens with one attached hydrogen (secondary N) is 1. The summed E-state index contributed by atoms with van der Waals surface area (Å²) >= 11 is 6.20. The fraction of sp³-hybridized carbons (Fsp3) is 0.312. The number of rotatable bonds is 5. The SMILES string of the molecule is CCn1cccc1CNc1cc(C(=O)N(C)C)ccc1Cl. The van der Waals surface area contributed by atoms with Crippen molar-refractivity contribution in [1.82, 2.24) is 9.47 Å². The second kappa shape index (κ2) is 6.68. The summed E-state index contributed by atoms with van der Waals surface area (Å²) in [5.74, 6) is -0.0355. The molecule has 0 unspecified atom stereocenters. The molecule has 21 heavy (non-hydrogen) atoms. The van der Waals surface area contributed by atoms with Crippen LogP contribution in [-0.4, -0.2) is 29.5 Å². The number of benzene rings is 1. The highest BCUT2D eigenvalue weighted by atomic mass is 35.5. The average Bonchev–Trinajstić information content (AvgIpc) is 2.93. The Bertz CT molecular complexity index is 634. The van der Waals surface area contributed by atoms with Crippen LogP contribution in [0.5, 0.6) is 0 Å². The molecule has 112 valence electrons. The van der Waals surface area contributed by atoms with Gasteiger partial charge < -0.3 is 14.8 Å². The molecule has 1 aromatic heterocycles. The number of nitrogens with zero attached hydrogens (tertiary/aromatic N) is 2. The van der Waals surface area contributed by atoms with Crippen LogP contribution in [0.1, 0.15) is 23.0 Å². The van der Waals surface area contributed by atoms with Crippen LogP contribution in [-0.2, 0) is 13.1 Å². The molecular formula is C16H20ClN3O. The minimum atomic E-state index is -0.0355. The number of carbonyl (C=O) groups excluding carboxylic acids is 1. The van der Waals surface area contributed by atoms with Crippen LogP contribution in [0.15, 0.2) is 36.5 Å². The van der Waals surface area contributed by atoms with E-state index in [4.69, 9.17) is 11.6 Å². The maximum atomic E-state index is 12.0. The van der Waals surface area contributed by atoms with E-state index in [-0.39, 0.29) is 5.91 Å². The van der Waals surface area contributed by atoms with Crippen molar-refractivity contribution < 1.29 is 4.79 Å². The minimum absolute atomic E-state index is 0.0355. The van der Waals surface area contributed by atoms with Gasteiger partial charge >= 0.3 is 0 Å². The lowest BCUT2D eigenvalue weighted by molar-refractivity contribution is 0.0827. The molecule has 0 aliphatic carbocycles. The number of carbonyl (C=O) groups is 1. The van der Waals surface area contributed by atoms with Crippen molar-refractivity contribution in [2.75, 3.05) is 19.4 Å². The van der Waals surface area contributed by atoms with E-state index in [1.54, 1.807) is 37.2 Å². The monoisotopic (exact) mass is 305 g/mol. The highest BCUT2D eigenvalue weighted by molar-refractivity contribution is 6.33. The highest BCUT2D eigenvalue weighted by Gasteiger charge is 2.11. The topological polar surface area (TPSA) is 37.3 Å². The largest absolute Gasteiger partial charge is 0.378 e. The van der Waals surface area contributed by atoms with E-state index in [0.29, 0.717) is 17.1 Å². The van der Waals surface area contributed by atoms with Gasteiger partial charge in [0.25, 0.3) is 5.91 Å². The van der Waals surface area contributed by atoms with E-state index in [0.717, 1.165) is 12.2 Å². The zero-order valence-corrected chi connectivity index (χ0v) is 13.3. The third kappa shape index (κ3) is 3.58. The minimum Gasteiger partial charge on any atom is -0.378 e. The molecule has 1 heterocycles. The lowest BCUT2D eigenvalue weighted by Gasteiger charge is -2.14. The fourth-order valence-corrected chi connectivity index (χ4v) is 2.34. The molecule has 0 spiro atoms. The Morgan fingerprint density at radius 1 is 1.33 bits per heavy atom. The van der Waals surface area contributed by atoms with E-state index in [1.807, 2.05) is 12.3 Å². The molecular weight excluding hydrogens is 286 g/mol. The second-order valence-electron chi connectivity index (χ2n) is 5.03. The summed E-state index contributed by atoms with van der Waals surface area (Å²) in [5, 5.41) is 3.91. The Morgan fingerprint density at radius 3 is 2.76 bits per heavy atom. The summed E-state index contributed by atoms with van der Waals surface area (Å²) in [6.07, 6.45) is 2.05. The third-order valence-electron chi connectivity index (χ3n) is 3.34. The van der Waals surface area contributed by atoms with E-state index >= 15 is 0 Å². The zero-order chi connectivity index (χ0) is 15.4. The number of aromatic nitrogens is 1. The first-order valence-corrected chi connectivity index (χ1v) is 7.29. The summed E-state index contributed by atoms with van der Waals surface area (Å²) in [6, 6.07) is 9.38. The van der Waals surface area contributed by atoms with Crippen LogP contribution >= 0.6 is 11.6 Å². The maximum Gasteiger partial charge on any atom is 0.253 e. The van der Waals surface area contributed by atoms with Gasteiger partial charge in [-0.3, -0.25) is 4.79 Å². The van der Waals surface area contributed by atoms with Crippen LogP contribution in [0.4, 0.5) is 5.69 Å². The summed E-state index contributed by atoms with van der Waals surface area (Å²) < 4.78 is 2.16. The van der Waals surface area contributed by atoms with E-state index in [2.05, 4.69) is 22.9 Å². The third-order valence-corrected chi connectivity index (χ3v) is 3.67. The Kier molecular flexibility index (Phi) is 4.91. The van der Waals surface area contributed by atoms with Gasteiger partial charge in [-0.1, -0.05) is 11.6 Å². The average molecular weight is 306 g/mol. The molecule has 2 aromatic rings. The molecule has 1 aromatic carbocycles. The maximum absolute atomic E-state index is 12.0. The number of amides is 1. The molecule has 0 aliphatic heterocycles. The first-order valence-electron chi connectivity index (χ1n) is 6.92. The number of anilines is 1. The summed E-state index contributed by atoms with van der Waals surface area (Å²) in [4.78, 5) is 13.5. The van der Waals surface area contributed by atoms with Gasteiger partial charge in [-0.15, -0.1) is 0 Å². The fourth-order valence-electron chi connectivity index (χ4n) is 2.16. The molecule has 1 amide bonds. The highest BCUT2D eigenvalue weighted by Crippen LogP contribution is 2.24. The van der Waals surface area contributed by atoms with Gasteiger partial charge in [0.1, 0.15) is 0 Å². The Morgan fingerprint density at radius 2 is 2.10 bits per heavy atom. The van der Waals surface area contributed by atoms with Gasteiger partial charge in [-0.05, 0) is 37.3 Å². The molecule has 1 N–H and O–H groups in total. The molecule has 0 saturated carbocycles. The van der Waals surface area contributed by atoms with Crippen LogP contribution < -0.4 is 5.32 Å². The van der Waals surface area contributed by atoms with Crippen molar-refractivity contribution in [2.24, 2.45) is 0 Å². The van der Waals surface area contributed by atoms with Gasteiger partial charge in [-0.25, -0.2) is 0 Å². The van der Waals surface area contributed by atoms with Crippen molar-refractivity contribution in [3.8, 4) is 0 Å². The second-order valence-corrected chi connectivity index (χ2v) is 5.44. The normalized spacial score (nSPS) is 10.5. The Hall–Kier alpha value is -1.94. The lowest BCUT2D eigenvalue weighted by atomic mass is 10.1. The van der Waals surface area contributed by atoms with Crippen LogP contribution in [0.2, 0.25) is 5.02 Å². The molecule has 4 nitrogen and oxygen atoms in total. The molecule has 2 rings (SSSR count). The molecule has 0 aliphatic rings. The smallest absolute Gasteiger partial charge is 0.253 e. The predicted octanol–water partition coefficient (Wildman–Crippen LogP) is 3.48. The van der Waals surface area contributed by atoms with E-state index in [9.17, 15) is 4.79 Å². The Balaban J connectivity index is 2.16. The van der Waals surface area contributed by atoms with Crippen molar-refractivity contribution in [1.29, 1.82) is 0 Å². The first kappa shape index (κ1) is 15.4. The lowest BCUT2D eigenvalue weighted by Crippen LogP contribution is -2.21. The molecule has 0 radical (unpaired) electrons. The van der Waals surface area contributed by atoms with Gasteiger partial charge in [0.05, 0.1) is 17.3 Å². The summed E-state index contributed by atoms with van der Waals surface area (Å²) in [5.41, 5.74) is 2.57. The molecule has 0 saturated heterocycles. The zero-order valence-electron chi connectivity index (χ0n) is 12.6. The van der Waals surface area contributed by atoms with Crippen molar-refractivity contribution >= 4 is 23.2 Å². The number of aryl methyl sites for hydroxylation is 1. The van der Waals surface area contributed by atoms with Crippen LogP contribution in [0.25, 0.3) is 0 Å². The van der Waals surface area contributed by atoms with Crippen LogP contribution in [0.3, 0.4) is 0 Å². The Labute approximate surface area is 130 Å². The molecule has 5 heteroatoms. The van der Waals surface area contributed by atoms with Crippen LogP contribution in [0, 0.1) is 0 Å². The molecule has 0 bridgehead atoms. The summed E-state index contributed by atoms with van der Waals surface area (Å²) in [7, 11) is 3.47. The van der Waals surface area contributed by atoms with Crippen molar-refractivity contribution in [3.63, 3.8) is 0 Å². The van der Waals surface area contributed by atoms with Gasteiger partial charge in [-0.2, -0.15) is 0 Å². The van der Waals surface area contributed by atoms with E-state index in [1.165, 1.54) is 5.69 Å². The van der Waals surface area contributed by atoms with Crippen molar-refractivity contribution in [3.05, 3.63) is 52.8 Å². The van der Waals surface area contributed by atoms with Crippen molar-refractivity contribution in [2.45, 2.75) is 20.0 Å². The van der Waals surface area contributed by atoms with E-state index < -0.39 is 0 Å². The molecule has 0 fully saturated rings. The quantitative estimate of drug-likeness (QED) is 0.918. The van der Waals surface area contributed by atoms with Gasteiger partial charge in [0.2, 0.25) is 0 Å². The number of hydrogen-bond donors (Lipinski definition) is 1. The predicted molar refractivity (Wildman–Crippen MR) is 86.9 cm³/mol. The molecule has 0 atom stereocenters. The van der Waals surface area contributed by atoms with Gasteiger partial charge in [0.15, 0.2) is 0 Å². The standard InChI is InChI=1S/C16H20ClN3O/c1-4-20-9-5-6-13(20)11-18-15-10-12(7-8-14(15)17)16(21)19(2)3/h5-10,18H,4,11H2,1-3H3. The summed E-state index contributed by atoms with van der Waals surface area (Å²) in [6.45, 7) is 3.70. The number of halogens is 1. The number of hydrogen-bond acceptors (Lipinski definition) is 2. The first-order chi connectivity index (χ1) is 10.0.